The van der Waals surface area contributed by atoms with Gasteiger partial charge in [-0.25, -0.2) is 0 Å². The molecule has 1 aliphatic carbocycles. The summed E-state index contributed by atoms with van der Waals surface area (Å²) in [7, 11) is 0. The van der Waals surface area contributed by atoms with Crippen LogP contribution in [0.15, 0.2) is 77.9 Å². The molecule has 1 unspecified atom stereocenters. The number of hydrogen-bond donors (Lipinski definition) is 0. The number of allylic oxidation sites excluding steroid dienone is 7. The topological polar surface area (TPSA) is 0 Å². The van der Waals surface area contributed by atoms with Crippen LogP contribution in [0.4, 0.5) is 0 Å². The highest BCUT2D eigenvalue weighted by Gasteiger charge is 2.41. The maximum Gasteiger partial charge on any atom is 0.0615 e. The lowest BCUT2D eigenvalue weighted by Gasteiger charge is -2.35. The molecule has 1 aromatic carbocycles. The summed E-state index contributed by atoms with van der Waals surface area (Å²) in [6, 6.07) is 10.7. The molecule has 98 valence electrons. The standard InChI is InChI=1S/C19H22/c1-5-10-15(3)19(18-11-8-7-9-12-18)16(4)13-14-17(19)6-2/h5-13H,3,14H2,1-2,4H3/b10-5-,17-6+. The summed E-state index contributed by atoms with van der Waals surface area (Å²) < 4.78 is 0. The largest absolute Gasteiger partial charge is 0.0943 e. The van der Waals surface area contributed by atoms with Gasteiger partial charge in [0.15, 0.2) is 0 Å². The first-order valence-corrected chi connectivity index (χ1v) is 6.88. The molecule has 0 radical (unpaired) electrons. The third-order valence-electron chi connectivity index (χ3n) is 4.11. The van der Waals surface area contributed by atoms with E-state index in [1.165, 1.54) is 16.7 Å². The Kier molecular flexibility index (Phi) is 3.90. The smallest absolute Gasteiger partial charge is 0.0615 e. The molecule has 0 heteroatoms. The summed E-state index contributed by atoms with van der Waals surface area (Å²) in [4.78, 5) is 0. The molecule has 0 fully saturated rings. The van der Waals surface area contributed by atoms with Crippen molar-refractivity contribution in [1.82, 2.24) is 0 Å². The van der Waals surface area contributed by atoms with Gasteiger partial charge in [-0.15, -0.1) is 0 Å². The summed E-state index contributed by atoms with van der Waals surface area (Å²) in [6.07, 6.45) is 9.81. The van der Waals surface area contributed by atoms with Crippen molar-refractivity contribution in [2.24, 2.45) is 0 Å². The Bertz CT molecular complexity index is 555. The molecule has 0 saturated carbocycles. The van der Waals surface area contributed by atoms with E-state index in [1.807, 2.05) is 6.92 Å². The van der Waals surface area contributed by atoms with Crippen LogP contribution in [-0.2, 0) is 5.41 Å². The van der Waals surface area contributed by atoms with E-state index in [-0.39, 0.29) is 5.41 Å². The van der Waals surface area contributed by atoms with Gasteiger partial charge in [-0.2, -0.15) is 0 Å². The molecule has 0 aliphatic heterocycles. The molecule has 1 aliphatic rings. The Hall–Kier alpha value is -1.82. The van der Waals surface area contributed by atoms with E-state index >= 15 is 0 Å². The lowest BCUT2D eigenvalue weighted by Crippen LogP contribution is -2.28. The normalized spacial score (nSPS) is 25.0. The van der Waals surface area contributed by atoms with E-state index in [0.717, 1.165) is 12.0 Å². The third kappa shape index (κ3) is 2.02. The van der Waals surface area contributed by atoms with Gasteiger partial charge >= 0.3 is 0 Å². The molecule has 19 heavy (non-hydrogen) atoms. The molecule has 0 aromatic heterocycles. The van der Waals surface area contributed by atoms with Gasteiger partial charge in [-0.3, -0.25) is 0 Å². The average Bonchev–Trinajstić information content (AvgIpc) is 2.77. The maximum absolute atomic E-state index is 4.36. The zero-order valence-electron chi connectivity index (χ0n) is 12.1. The van der Waals surface area contributed by atoms with Crippen LogP contribution in [-0.4, -0.2) is 0 Å². The molecule has 0 spiro atoms. The van der Waals surface area contributed by atoms with E-state index < -0.39 is 0 Å². The van der Waals surface area contributed by atoms with Crippen LogP contribution in [0, 0.1) is 0 Å². The van der Waals surface area contributed by atoms with Crippen LogP contribution in [0.2, 0.25) is 0 Å². The van der Waals surface area contributed by atoms with Crippen molar-refractivity contribution in [2.75, 3.05) is 0 Å². The molecular weight excluding hydrogens is 228 g/mol. The Morgan fingerprint density at radius 1 is 1.21 bits per heavy atom. The van der Waals surface area contributed by atoms with E-state index in [2.05, 4.69) is 75.1 Å². The van der Waals surface area contributed by atoms with Gasteiger partial charge in [0, 0.05) is 0 Å². The van der Waals surface area contributed by atoms with Gasteiger partial charge in [-0.05, 0) is 38.3 Å². The zero-order valence-corrected chi connectivity index (χ0v) is 12.1. The maximum atomic E-state index is 4.36. The summed E-state index contributed by atoms with van der Waals surface area (Å²) >= 11 is 0. The molecule has 0 saturated heterocycles. The van der Waals surface area contributed by atoms with Crippen LogP contribution in [0.5, 0.6) is 0 Å². The molecule has 1 aromatic rings. The third-order valence-corrected chi connectivity index (χ3v) is 4.11. The van der Waals surface area contributed by atoms with Crippen molar-refractivity contribution in [3.05, 3.63) is 83.5 Å². The minimum atomic E-state index is -0.136. The Morgan fingerprint density at radius 2 is 1.89 bits per heavy atom. The van der Waals surface area contributed by atoms with Crippen LogP contribution >= 0.6 is 0 Å². The van der Waals surface area contributed by atoms with Crippen molar-refractivity contribution in [3.63, 3.8) is 0 Å². The summed E-state index contributed by atoms with van der Waals surface area (Å²) in [5.74, 6) is 0. The highest BCUT2D eigenvalue weighted by atomic mass is 14.4. The quantitative estimate of drug-likeness (QED) is 0.501. The predicted molar refractivity (Wildman–Crippen MR) is 84.2 cm³/mol. The van der Waals surface area contributed by atoms with Gasteiger partial charge in [0.05, 0.1) is 5.41 Å². The minimum Gasteiger partial charge on any atom is -0.0943 e. The number of hydrogen-bond acceptors (Lipinski definition) is 0. The second-order valence-corrected chi connectivity index (χ2v) is 5.05. The van der Waals surface area contributed by atoms with Crippen molar-refractivity contribution in [1.29, 1.82) is 0 Å². The molecule has 0 bridgehead atoms. The van der Waals surface area contributed by atoms with Crippen LogP contribution in [0.1, 0.15) is 32.8 Å². The summed E-state index contributed by atoms with van der Waals surface area (Å²) in [5, 5.41) is 0. The van der Waals surface area contributed by atoms with Gasteiger partial charge in [0.2, 0.25) is 0 Å². The number of rotatable bonds is 3. The van der Waals surface area contributed by atoms with Gasteiger partial charge < -0.3 is 0 Å². The Balaban J connectivity index is 2.70. The second kappa shape index (κ2) is 5.44. The van der Waals surface area contributed by atoms with Crippen molar-refractivity contribution < 1.29 is 0 Å². The van der Waals surface area contributed by atoms with Crippen molar-refractivity contribution in [2.45, 2.75) is 32.6 Å². The van der Waals surface area contributed by atoms with Crippen molar-refractivity contribution in [3.8, 4) is 0 Å². The zero-order chi connectivity index (χ0) is 13.9. The fourth-order valence-corrected chi connectivity index (χ4v) is 3.23. The molecule has 2 rings (SSSR count). The minimum absolute atomic E-state index is 0.136. The molecular formula is C19H22. The van der Waals surface area contributed by atoms with E-state index in [1.54, 1.807) is 0 Å². The second-order valence-electron chi connectivity index (χ2n) is 5.05. The lowest BCUT2D eigenvalue weighted by atomic mass is 9.67. The van der Waals surface area contributed by atoms with Gasteiger partial charge in [0.25, 0.3) is 0 Å². The molecule has 0 amide bonds. The SMILES string of the molecule is C=C(/C=C\C)C1(c2ccccc2)C(C)=CC/C1=C\C. The molecule has 0 N–H and O–H groups in total. The average molecular weight is 250 g/mol. The van der Waals surface area contributed by atoms with Crippen LogP contribution in [0.25, 0.3) is 0 Å². The first kappa shape index (κ1) is 13.6. The fraction of sp³-hybridized carbons (Fsp3) is 0.263. The summed E-state index contributed by atoms with van der Waals surface area (Å²) in [6.45, 7) is 10.8. The number of benzene rings is 1. The summed E-state index contributed by atoms with van der Waals surface area (Å²) in [5.41, 5.74) is 5.15. The molecule has 0 heterocycles. The monoisotopic (exact) mass is 250 g/mol. The predicted octanol–water partition coefficient (Wildman–Crippen LogP) is 5.35. The van der Waals surface area contributed by atoms with Crippen LogP contribution in [0.3, 0.4) is 0 Å². The fourth-order valence-electron chi connectivity index (χ4n) is 3.23. The van der Waals surface area contributed by atoms with E-state index in [9.17, 15) is 0 Å². The van der Waals surface area contributed by atoms with Crippen LogP contribution < -0.4 is 0 Å². The lowest BCUT2D eigenvalue weighted by molar-refractivity contribution is 0.725. The first-order chi connectivity index (χ1) is 9.17. The van der Waals surface area contributed by atoms with E-state index in [4.69, 9.17) is 0 Å². The van der Waals surface area contributed by atoms with Gasteiger partial charge in [-0.1, -0.05) is 72.4 Å². The van der Waals surface area contributed by atoms with E-state index in [0.29, 0.717) is 0 Å². The molecule has 0 nitrogen and oxygen atoms in total. The van der Waals surface area contributed by atoms with Crippen molar-refractivity contribution >= 4 is 0 Å². The Labute approximate surface area is 116 Å². The molecule has 1 atom stereocenters. The Morgan fingerprint density at radius 3 is 2.47 bits per heavy atom. The highest BCUT2D eigenvalue weighted by molar-refractivity contribution is 5.61. The highest BCUT2D eigenvalue weighted by Crippen LogP contribution is 2.50. The first-order valence-electron chi connectivity index (χ1n) is 6.88. The van der Waals surface area contributed by atoms with Gasteiger partial charge in [0.1, 0.15) is 0 Å².